The molecule has 4 N–H and O–H groups in total. The van der Waals surface area contributed by atoms with Gasteiger partial charge in [-0.3, -0.25) is 5.84 Å². The van der Waals surface area contributed by atoms with Gasteiger partial charge in [-0.1, -0.05) is 0 Å². The van der Waals surface area contributed by atoms with Crippen LogP contribution in [0.25, 0.3) is 0 Å². The van der Waals surface area contributed by atoms with E-state index in [0.717, 1.165) is 13.0 Å². The maximum absolute atomic E-state index is 5.19. The largest absolute Gasteiger partial charge is 0.301 e. The van der Waals surface area contributed by atoms with Gasteiger partial charge in [-0.05, 0) is 25.8 Å². The lowest BCUT2D eigenvalue weighted by atomic mass is 10.1. The number of piperidine rings is 1. The standard InChI is InChI=1S/C5H13N3/c6-8-5-3-1-2-4-7-5/h5,7-8H,1-4,6H2/t5-/m1/s1. The Morgan fingerprint density at radius 1 is 1.50 bits per heavy atom. The molecule has 0 radical (unpaired) electrons. The second-order valence-corrected chi connectivity index (χ2v) is 2.17. The third-order valence-electron chi connectivity index (χ3n) is 1.51. The Balaban J connectivity index is 2.13. The Labute approximate surface area is 49.6 Å². The molecule has 1 rings (SSSR count). The molecule has 3 heteroatoms. The van der Waals surface area contributed by atoms with E-state index in [9.17, 15) is 0 Å². The van der Waals surface area contributed by atoms with Gasteiger partial charge in [-0.2, -0.15) is 0 Å². The van der Waals surface area contributed by atoms with Crippen LogP contribution in [-0.2, 0) is 0 Å². The fraction of sp³-hybridized carbons (Fsp3) is 1.00. The van der Waals surface area contributed by atoms with Crippen molar-refractivity contribution in [2.24, 2.45) is 5.84 Å². The van der Waals surface area contributed by atoms with Gasteiger partial charge in [0.15, 0.2) is 0 Å². The quantitative estimate of drug-likeness (QED) is 0.320. The Morgan fingerprint density at radius 3 is 2.75 bits per heavy atom. The van der Waals surface area contributed by atoms with Gasteiger partial charge in [0.1, 0.15) is 0 Å². The average molecular weight is 115 g/mol. The summed E-state index contributed by atoms with van der Waals surface area (Å²) in [7, 11) is 0. The van der Waals surface area contributed by atoms with Crippen molar-refractivity contribution >= 4 is 0 Å². The van der Waals surface area contributed by atoms with Gasteiger partial charge in [-0.25, -0.2) is 5.43 Å². The number of hydrazine groups is 1. The molecule has 0 aromatic heterocycles. The highest BCUT2D eigenvalue weighted by atomic mass is 15.3. The minimum atomic E-state index is 0.365. The third kappa shape index (κ3) is 1.43. The van der Waals surface area contributed by atoms with Crippen molar-refractivity contribution in [2.75, 3.05) is 6.54 Å². The summed E-state index contributed by atoms with van der Waals surface area (Å²) < 4.78 is 0. The zero-order valence-corrected chi connectivity index (χ0v) is 4.98. The lowest BCUT2D eigenvalue weighted by Crippen LogP contribution is -2.48. The van der Waals surface area contributed by atoms with E-state index in [2.05, 4.69) is 10.7 Å². The molecule has 0 aromatic rings. The molecule has 0 spiro atoms. The van der Waals surface area contributed by atoms with Crippen molar-refractivity contribution in [1.29, 1.82) is 0 Å². The monoisotopic (exact) mass is 115 g/mol. The summed E-state index contributed by atoms with van der Waals surface area (Å²) in [5.74, 6) is 5.19. The molecule has 0 bridgehead atoms. The third-order valence-corrected chi connectivity index (χ3v) is 1.51. The van der Waals surface area contributed by atoms with Gasteiger partial charge < -0.3 is 5.32 Å². The molecular formula is C5H13N3. The van der Waals surface area contributed by atoms with Crippen LogP contribution in [0.4, 0.5) is 0 Å². The summed E-state index contributed by atoms with van der Waals surface area (Å²) in [6.07, 6.45) is 4.11. The zero-order valence-electron chi connectivity index (χ0n) is 4.98. The molecule has 1 atom stereocenters. The Kier molecular flexibility index (Phi) is 2.27. The van der Waals surface area contributed by atoms with Gasteiger partial charge in [0, 0.05) is 0 Å². The minimum absolute atomic E-state index is 0.365. The lowest BCUT2D eigenvalue weighted by Gasteiger charge is -2.21. The van der Waals surface area contributed by atoms with Crippen LogP contribution in [0.1, 0.15) is 19.3 Å². The van der Waals surface area contributed by atoms with Crippen molar-refractivity contribution in [2.45, 2.75) is 25.4 Å². The van der Waals surface area contributed by atoms with Gasteiger partial charge in [-0.15, -0.1) is 0 Å². The second kappa shape index (κ2) is 3.02. The van der Waals surface area contributed by atoms with Gasteiger partial charge >= 0.3 is 0 Å². The van der Waals surface area contributed by atoms with Crippen LogP contribution in [0.3, 0.4) is 0 Å². The topological polar surface area (TPSA) is 50.1 Å². The van der Waals surface area contributed by atoms with Crippen LogP contribution in [0.2, 0.25) is 0 Å². The Morgan fingerprint density at radius 2 is 2.38 bits per heavy atom. The molecule has 0 aromatic carbocycles. The molecule has 48 valence electrons. The van der Waals surface area contributed by atoms with Gasteiger partial charge in [0.25, 0.3) is 0 Å². The molecule has 0 unspecified atom stereocenters. The first-order chi connectivity index (χ1) is 3.93. The van der Waals surface area contributed by atoms with Crippen molar-refractivity contribution in [1.82, 2.24) is 10.7 Å². The van der Waals surface area contributed by atoms with Crippen LogP contribution in [0.15, 0.2) is 0 Å². The number of rotatable bonds is 1. The summed E-state index contributed by atoms with van der Waals surface area (Å²) in [5.41, 5.74) is 2.69. The van der Waals surface area contributed by atoms with Gasteiger partial charge in [0.2, 0.25) is 0 Å². The fourth-order valence-electron chi connectivity index (χ4n) is 0.994. The van der Waals surface area contributed by atoms with Crippen LogP contribution in [-0.4, -0.2) is 12.7 Å². The fourth-order valence-corrected chi connectivity index (χ4v) is 0.994. The van der Waals surface area contributed by atoms with Crippen molar-refractivity contribution < 1.29 is 0 Å². The maximum atomic E-state index is 5.19. The molecule has 1 fully saturated rings. The Bertz CT molecular complexity index is 58.7. The molecular weight excluding hydrogens is 102 g/mol. The predicted molar refractivity (Wildman–Crippen MR) is 33.0 cm³/mol. The van der Waals surface area contributed by atoms with Crippen LogP contribution in [0, 0.1) is 0 Å². The van der Waals surface area contributed by atoms with E-state index in [1.54, 1.807) is 0 Å². The number of hydrogen-bond donors (Lipinski definition) is 3. The maximum Gasteiger partial charge on any atom is 0.0701 e. The Hall–Kier alpha value is -0.120. The van der Waals surface area contributed by atoms with Crippen molar-refractivity contribution in [3.8, 4) is 0 Å². The normalized spacial score (nSPS) is 30.4. The van der Waals surface area contributed by atoms with E-state index in [1.807, 2.05) is 0 Å². The number of nitrogens with one attached hydrogen (secondary N) is 2. The van der Waals surface area contributed by atoms with E-state index in [4.69, 9.17) is 5.84 Å². The summed E-state index contributed by atoms with van der Waals surface area (Å²) in [5, 5.41) is 3.23. The predicted octanol–water partition coefficient (Wildman–Crippen LogP) is -0.451. The average Bonchev–Trinajstić information content (AvgIpc) is 1.90. The summed E-state index contributed by atoms with van der Waals surface area (Å²) in [4.78, 5) is 0. The van der Waals surface area contributed by atoms with Gasteiger partial charge in [0.05, 0.1) is 6.17 Å². The molecule has 1 aliphatic heterocycles. The van der Waals surface area contributed by atoms with E-state index >= 15 is 0 Å². The molecule has 1 aliphatic rings. The van der Waals surface area contributed by atoms with E-state index < -0.39 is 0 Å². The van der Waals surface area contributed by atoms with Crippen LogP contribution < -0.4 is 16.6 Å². The van der Waals surface area contributed by atoms with E-state index in [0.29, 0.717) is 6.17 Å². The first-order valence-electron chi connectivity index (χ1n) is 3.13. The minimum Gasteiger partial charge on any atom is -0.301 e. The molecule has 0 amide bonds. The summed E-state index contributed by atoms with van der Waals surface area (Å²) in [6, 6.07) is 0. The first-order valence-corrected chi connectivity index (χ1v) is 3.13. The highest BCUT2D eigenvalue weighted by Gasteiger charge is 2.08. The molecule has 0 aliphatic carbocycles. The van der Waals surface area contributed by atoms with Crippen molar-refractivity contribution in [3.05, 3.63) is 0 Å². The number of hydrogen-bond acceptors (Lipinski definition) is 3. The lowest BCUT2D eigenvalue weighted by molar-refractivity contribution is 0.349. The van der Waals surface area contributed by atoms with E-state index in [1.165, 1.54) is 12.8 Å². The zero-order chi connectivity index (χ0) is 5.82. The molecule has 3 nitrogen and oxygen atoms in total. The molecule has 1 saturated heterocycles. The van der Waals surface area contributed by atoms with Crippen LogP contribution in [0.5, 0.6) is 0 Å². The number of nitrogens with two attached hydrogens (primary N) is 1. The molecule has 8 heavy (non-hydrogen) atoms. The smallest absolute Gasteiger partial charge is 0.0701 e. The van der Waals surface area contributed by atoms with Crippen molar-refractivity contribution in [3.63, 3.8) is 0 Å². The molecule has 0 saturated carbocycles. The first kappa shape index (κ1) is 6.01. The SMILES string of the molecule is NN[C@@H]1CCCCN1. The molecule has 1 heterocycles. The highest BCUT2D eigenvalue weighted by Crippen LogP contribution is 2.02. The van der Waals surface area contributed by atoms with E-state index in [-0.39, 0.29) is 0 Å². The summed E-state index contributed by atoms with van der Waals surface area (Å²) in [6.45, 7) is 1.11. The highest BCUT2D eigenvalue weighted by molar-refractivity contribution is 4.66. The second-order valence-electron chi connectivity index (χ2n) is 2.17. The van der Waals surface area contributed by atoms with Crippen LogP contribution >= 0.6 is 0 Å². The summed E-state index contributed by atoms with van der Waals surface area (Å²) >= 11 is 0.